The molecule has 0 N–H and O–H groups in total. The maximum atomic E-state index is 7.58. The van der Waals surface area contributed by atoms with Gasteiger partial charge in [-0.15, -0.1) is 5.92 Å². The van der Waals surface area contributed by atoms with Gasteiger partial charge in [0.2, 0.25) is 0 Å². The van der Waals surface area contributed by atoms with Crippen molar-refractivity contribution in [2.24, 2.45) is 0 Å². The number of hydrogen-bond donors (Lipinski definition) is 0. The van der Waals surface area contributed by atoms with Gasteiger partial charge in [0.25, 0.3) is 7.05 Å². The van der Waals surface area contributed by atoms with Crippen molar-refractivity contribution in [2.75, 3.05) is 7.05 Å². The molecule has 0 atom stereocenters. The molecule has 0 radical (unpaired) electrons. The molecule has 2 aromatic carbocycles. The molecule has 106 valence electrons. The lowest BCUT2D eigenvalue weighted by atomic mass is 10.0. The number of nitrogens with zero attached hydrogens (tertiary/aromatic N) is 1. The molecule has 0 fully saturated rings. The normalized spacial score (nSPS) is 11.3. The summed E-state index contributed by atoms with van der Waals surface area (Å²) < 4.78 is 22.7. The van der Waals surface area contributed by atoms with Gasteiger partial charge in [-0.1, -0.05) is 34.7 Å². The second-order valence-electron chi connectivity index (χ2n) is 4.77. The molecule has 0 saturated carbocycles. The van der Waals surface area contributed by atoms with Crippen LogP contribution in [-0.2, 0) is 0 Å². The van der Waals surface area contributed by atoms with Gasteiger partial charge in [-0.25, -0.2) is 0 Å². The van der Waals surface area contributed by atoms with Crippen molar-refractivity contribution >= 4 is 0 Å². The van der Waals surface area contributed by atoms with Crippen LogP contribution in [0.4, 0.5) is 0 Å². The standard InChI is InChI=1S/C21H18N/c1-5-6-18-9-7-16(2)13-19(18)11-12-20-14-17(3)8-10-21(20)15-22-4/h7-10,13-14H,1-4H3/q+1/i2D3. The lowest BCUT2D eigenvalue weighted by molar-refractivity contribution is 1.42. The lowest BCUT2D eigenvalue weighted by Gasteiger charge is -1.99. The minimum Gasteiger partial charge on any atom is -0.101 e. The van der Waals surface area contributed by atoms with Crippen LogP contribution in [0, 0.1) is 43.5 Å². The first-order valence-electron chi connectivity index (χ1n) is 8.40. The van der Waals surface area contributed by atoms with Gasteiger partial charge in [0, 0.05) is 20.8 Å². The molecule has 0 heterocycles. The highest BCUT2D eigenvalue weighted by Crippen LogP contribution is 2.12. The summed E-state index contributed by atoms with van der Waals surface area (Å²) in [6.45, 7) is 1.55. The van der Waals surface area contributed by atoms with E-state index in [1.807, 2.05) is 25.1 Å². The van der Waals surface area contributed by atoms with Crippen LogP contribution in [0.3, 0.4) is 0 Å². The van der Waals surface area contributed by atoms with Crippen molar-refractivity contribution in [3.8, 4) is 29.8 Å². The smallest absolute Gasteiger partial charge is 0.101 e. The van der Waals surface area contributed by atoms with Gasteiger partial charge < -0.3 is 0 Å². The minimum atomic E-state index is -2.17. The highest BCUT2D eigenvalue weighted by Gasteiger charge is 2.03. The molecular weight excluding hydrogens is 266 g/mol. The molecule has 0 aliphatic rings. The Kier molecular flexibility index (Phi) is 3.81. The monoisotopic (exact) mass is 287 g/mol. The largest absolute Gasteiger partial charge is 0.311 e. The summed E-state index contributed by atoms with van der Waals surface area (Å²) in [5.74, 6) is 12.0. The molecule has 0 amide bonds. The first-order valence-corrected chi connectivity index (χ1v) is 6.90. The molecule has 1 nitrogen and oxygen atoms in total. The maximum Gasteiger partial charge on any atom is 0.311 e. The van der Waals surface area contributed by atoms with Crippen LogP contribution in [0.25, 0.3) is 4.85 Å². The first-order chi connectivity index (χ1) is 11.8. The third-order valence-electron chi connectivity index (χ3n) is 3.02. The molecule has 0 spiro atoms. The Morgan fingerprint density at radius 3 is 2.18 bits per heavy atom. The van der Waals surface area contributed by atoms with Crippen molar-refractivity contribution in [3.63, 3.8) is 0 Å². The molecule has 0 unspecified atom stereocenters. The van der Waals surface area contributed by atoms with Crippen molar-refractivity contribution in [3.05, 3.63) is 74.6 Å². The van der Waals surface area contributed by atoms with E-state index in [1.165, 1.54) is 0 Å². The van der Waals surface area contributed by atoms with Crippen molar-refractivity contribution in [2.45, 2.75) is 20.7 Å². The highest BCUT2D eigenvalue weighted by molar-refractivity contribution is 5.57. The van der Waals surface area contributed by atoms with Crippen LogP contribution in [0.2, 0.25) is 0 Å². The fraction of sp³-hybridized carbons (Fsp3) is 0.190. The summed E-state index contributed by atoms with van der Waals surface area (Å²) in [6, 6.07) is 13.6. The van der Waals surface area contributed by atoms with E-state index in [2.05, 4.69) is 34.6 Å². The predicted molar refractivity (Wildman–Crippen MR) is 93.2 cm³/mol. The molecule has 2 aromatic rings. The Morgan fingerprint density at radius 2 is 1.50 bits per heavy atom. The van der Waals surface area contributed by atoms with Gasteiger partial charge in [-0.2, -0.15) is 0 Å². The summed E-state index contributed by atoms with van der Waals surface area (Å²) in [6.07, 6.45) is 0. The van der Waals surface area contributed by atoms with Crippen molar-refractivity contribution in [1.29, 1.82) is 0 Å². The van der Waals surface area contributed by atoms with E-state index < -0.39 is 6.85 Å². The van der Waals surface area contributed by atoms with Crippen LogP contribution < -0.4 is 0 Å². The van der Waals surface area contributed by atoms with E-state index in [0.29, 0.717) is 11.1 Å². The quantitative estimate of drug-likeness (QED) is 0.633. The lowest BCUT2D eigenvalue weighted by Crippen LogP contribution is -1.88. The Balaban J connectivity index is 2.60. The molecule has 0 saturated heterocycles. The van der Waals surface area contributed by atoms with Gasteiger partial charge in [0.05, 0.1) is 0 Å². The summed E-state index contributed by atoms with van der Waals surface area (Å²) in [5, 5.41) is 0. The van der Waals surface area contributed by atoms with Gasteiger partial charge in [0.15, 0.2) is 0 Å². The SMILES string of the molecule is [2H]C([2H])([2H])c1ccc(C#CC)c(C#Cc2cc(C)ccc2C#[N+]C)c1. The van der Waals surface area contributed by atoms with E-state index in [0.717, 1.165) is 16.7 Å². The molecule has 0 bridgehead atoms. The number of benzene rings is 2. The highest BCUT2D eigenvalue weighted by atomic mass is 14.6. The molecule has 0 aliphatic carbocycles. The Morgan fingerprint density at radius 1 is 0.864 bits per heavy atom. The second-order valence-corrected chi connectivity index (χ2v) is 4.77. The van der Waals surface area contributed by atoms with Crippen LogP contribution >= 0.6 is 0 Å². The first kappa shape index (κ1) is 11.7. The zero-order valence-corrected chi connectivity index (χ0v) is 12.9. The Labute approximate surface area is 137 Å². The molecule has 2 rings (SSSR count). The molecule has 0 aliphatic heterocycles. The average molecular weight is 287 g/mol. The van der Waals surface area contributed by atoms with Gasteiger partial charge >= 0.3 is 6.07 Å². The maximum absolute atomic E-state index is 7.58. The second kappa shape index (κ2) is 7.17. The van der Waals surface area contributed by atoms with E-state index in [1.54, 1.807) is 32.2 Å². The van der Waals surface area contributed by atoms with E-state index >= 15 is 0 Å². The molecule has 1 heteroatoms. The Bertz CT molecular complexity index is 981. The third kappa shape index (κ3) is 3.79. The predicted octanol–water partition coefficient (Wildman–Crippen LogP) is 4.39. The molecule has 0 aromatic heterocycles. The van der Waals surface area contributed by atoms with Crippen molar-refractivity contribution in [1.82, 2.24) is 0 Å². The van der Waals surface area contributed by atoms with Gasteiger partial charge in [-0.3, -0.25) is 0 Å². The number of aryl methyl sites for hydroxylation is 2. The fourth-order valence-corrected chi connectivity index (χ4v) is 2.01. The van der Waals surface area contributed by atoms with Gasteiger partial charge in [-0.05, 0) is 56.1 Å². The molecule has 22 heavy (non-hydrogen) atoms. The minimum absolute atomic E-state index is 0.254. The van der Waals surface area contributed by atoms with E-state index in [9.17, 15) is 0 Å². The molecular formula is C21H18N+. The van der Waals surface area contributed by atoms with Crippen LogP contribution in [0.5, 0.6) is 0 Å². The van der Waals surface area contributed by atoms with E-state index in [-0.39, 0.29) is 5.56 Å². The third-order valence-corrected chi connectivity index (χ3v) is 3.02. The summed E-state index contributed by atoms with van der Waals surface area (Å²) in [5.41, 5.74) is 4.24. The average Bonchev–Trinajstić information content (AvgIpc) is 2.55. The summed E-state index contributed by atoms with van der Waals surface area (Å²) >= 11 is 0. The zero-order chi connectivity index (χ0) is 18.4. The number of hydrogen-bond acceptors (Lipinski definition) is 0. The van der Waals surface area contributed by atoms with Gasteiger partial charge in [0.1, 0.15) is 5.56 Å². The van der Waals surface area contributed by atoms with Crippen LogP contribution in [0.1, 0.15) is 44.4 Å². The Hall–Kier alpha value is -2.95. The summed E-state index contributed by atoms with van der Waals surface area (Å²) in [4.78, 5) is 3.93. The number of rotatable bonds is 0. The van der Waals surface area contributed by atoms with Crippen LogP contribution in [-0.4, -0.2) is 7.05 Å². The fourth-order valence-electron chi connectivity index (χ4n) is 2.01. The van der Waals surface area contributed by atoms with Crippen LogP contribution in [0.15, 0.2) is 36.4 Å². The topological polar surface area (TPSA) is 4.36 Å². The van der Waals surface area contributed by atoms with E-state index in [4.69, 9.17) is 4.11 Å². The summed E-state index contributed by atoms with van der Waals surface area (Å²) in [7, 11) is 1.66. The van der Waals surface area contributed by atoms with Crippen molar-refractivity contribution < 1.29 is 4.11 Å². The zero-order valence-electron chi connectivity index (χ0n) is 15.9.